The molecule has 3 rings (SSSR count). The number of nitriles is 1. The molecule has 7 heteroatoms. The summed E-state index contributed by atoms with van der Waals surface area (Å²) in [4.78, 5) is 17.5. The molecule has 3 heterocycles. The van der Waals surface area contributed by atoms with E-state index in [1.807, 2.05) is 23.9 Å². The standard InChI is InChI=1S/C17H20N4O2S/c1-20-8-13(5-14(20)7-18)10-21-4-2-3-12(9-21)6-16-19-15(11-24-16)17(22)23/h5,8,11-12H,2-4,6,9-10H2,1H3,(H,22,23). The highest BCUT2D eigenvalue weighted by Gasteiger charge is 2.22. The first-order valence-electron chi connectivity index (χ1n) is 8.00. The Morgan fingerprint density at radius 1 is 1.58 bits per heavy atom. The van der Waals surface area contributed by atoms with Gasteiger partial charge in [0.2, 0.25) is 0 Å². The van der Waals surface area contributed by atoms with Crippen LogP contribution in [0.25, 0.3) is 0 Å². The quantitative estimate of drug-likeness (QED) is 0.901. The van der Waals surface area contributed by atoms with Gasteiger partial charge >= 0.3 is 5.97 Å². The van der Waals surface area contributed by atoms with Gasteiger partial charge in [-0.2, -0.15) is 5.26 Å². The average Bonchev–Trinajstić information content (AvgIpc) is 3.14. The number of aryl methyl sites for hydroxylation is 1. The Balaban J connectivity index is 1.59. The molecule has 0 aromatic carbocycles. The van der Waals surface area contributed by atoms with Crippen LogP contribution in [0.5, 0.6) is 0 Å². The number of piperidine rings is 1. The summed E-state index contributed by atoms with van der Waals surface area (Å²) in [6, 6.07) is 4.14. The summed E-state index contributed by atoms with van der Waals surface area (Å²) in [5, 5.41) is 20.5. The summed E-state index contributed by atoms with van der Waals surface area (Å²) in [5.41, 5.74) is 2.00. The highest BCUT2D eigenvalue weighted by atomic mass is 32.1. The number of carboxylic acid groups (broad SMARTS) is 1. The average molecular weight is 344 g/mol. The van der Waals surface area contributed by atoms with Crippen LogP contribution < -0.4 is 0 Å². The van der Waals surface area contributed by atoms with Gasteiger partial charge in [0.1, 0.15) is 11.8 Å². The number of carboxylic acids is 1. The number of aromatic carboxylic acids is 1. The smallest absolute Gasteiger partial charge is 0.355 e. The second kappa shape index (κ2) is 7.16. The normalized spacial score (nSPS) is 18.4. The first kappa shape index (κ1) is 16.7. The van der Waals surface area contributed by atoms with Crippen molar-refractivity contribution in [2.45, 2.75) is 25.8 Å². The maximum absolute atomic E-state index is 10.9. The molecule has 126 valence electrons. The van der Waals surface area contributed by atoms with E-state index in [1.165, 1.54) is 11.3 Å². The van der Waals surface area contributed by atoms with Crippen molar-refractivity contribution in [3.63, 3.8) is 0 Å². The molecular formula is C17H20N4O2S. The number of likely N-dealkylation sites (tertiary alicyclic amines) is 1. The molecule has 0 radical (unpaired) electrons. The zero-order valence-electron chi connectivity index (χ0n) is 13.6. The predicted octanol–water partition coefficient (Wildman–Crippen LogP) is 2.51. The van der Waals surface area contributed by atoms with Gasteiger partial charge in [0.25, 0.3) is 0 Å². The summed E-state index contributed by atoms with van der Waals surface area (Å²) in [5.74, 6) is -0.453. The van der Waals surface area contributed by atoms with Crippen molar-refractivity contribution in [3.05, 3.63) is 39.6 Å². The molecule has 0 bridgehead atoms. The summed E-state index contributed by atoms with van der Waals surface area (Å²) < 4.78 is 1.86. The van der Waals surface area contributed by atoms with E-state index in [-0.39, 0.29) is 5.69 Å². The Hall–Kier alpha value is -2.17. The van der Waals surface area contributed by atoms with Crippen molar-refractivity contribution < 1.29 is 9.90 Å². The molecule has 0 amide bonds. The molecule has 1 unspecified atom stereocenters. The topological polar surface area (TPSA) is 82.2 Å². The van der Waals surface area contributed by atoms with E-state index < -0.39 is 5.97 Å². The molecule has 1 fully saturated rings. The van der Waals surface area contributed by atoms with Crippen LogP contribution >= 0.6 is 11.3 Å². The monoisotopic (exact) mass is 344 g/mol. The lowest BCUT2D eigenvalue weighted by molar-refractivity contribution is 0.0691. The van der Waals surface area contributed by atoms with E-state index in [9.17, 15) is 4.79 Å². The zero-order chi connectivity index (χ0) is 17.1. The van der Waals surface area contributed by atoms with E-state index in [4.69, 9.17) is 10.4 Å². The van der Waals surface area contributed by atoms with E-state index >= 15 is 0 Å². The SMILES string of the molecule is Cn1cc(CN2CCCC(Cc3nc(C(=O)O)cs3)C2)cc1C#N. The van der Waals surface area contributed by atoms with Crippen molar-refractivity contribution in [2.24, 2.45) is 13.0 Å². The van der Waals surface area contributed by atoms with Crippen molar-refractivity contribution in [1.29, 1.82) is 5.26 Å². The van der Waals surface area contributed by atoms with E-state index in [1.54, 1.807) is 5.38 Å². The van der Waals surface area contributed by atoms with Gasteiger partial charge in [0.05, 0.1) is 5.01 Å². The molecule has 1 aliphatic rings. The molecule has 24 heavy (non-hydrogen) atoms. The van der Waals surface area contributed by atoms with E-state index in [2.05, 4.69) is 16.0 Å². The third-order valence-electron chi connectivity index (χ3n) is 4.42. The third kappa shape index (κ3) is 3.83. The Bertz CT molecular complexity index is 774. The van der Waals surface area contributed by atoms with Gasteiger partial charge in [-0.3, -0.25) is 4.90 Å². The fourth-order valence-corrected chi connectivity index (χ4v) is 4.18. The Morgan fingerprint density at radius 3 is 3.08 bits per heavy atom. The van der Waals surface area contributed by atoms with Crippen LogP contribution in [-0.4, -0.2) is 38.6 Å². The molecule has 1 saturated heterocycles. The molecule has 1 N–H and O–H groups in total. The van der Waals surface area contributed by atoms with Crippen molar-refractivity contribution in [3.8, 4) is 6.07 Å². The lowest BCUT2D eigenvalue weighted by Gasteiger charge is -2.32. The number of carbonyl (C=O) groups is 1. The number of aromatic nitrogens is 2. The van der Waals surface area contributed by atoms with Crippen LogP contribution in [0.15, 0.2) is 17.6 Å². The van der Waals surface area contributed by atoms with Gasteiger partial charge in [-0.05, 0) is 36.9 Å². The summed E-state index contributed by atoms with van der Waals surface area (Å²) in [6.07, 6.45) is 5.14. The minimum Gasteiger partial charge on any atom is -0.476 e. The highest BCUT2D eigenvalue weighted by Crippen LogP contribution is 2.24. The molecule has 1 aliphatic heterocycles. The van der Waals surface area contributed by atoms with Gasteiger partial charge < -0.3 is 9.67 Å². The predicted molar refractivity (Wildman–Crippen MR) is 90.9 cm³/mol. The number of rotatable bonds is 5. The third-order valence-corrected chi connectivity index (χ3v) is 5.29. The van der Waals surface area contributed by atoms with E-state index in [0.29, 0.717) is 11.6 Å². The Kier molecular flexibility index (Phi) is 4.97. The first-order chi connectivity index (χ1) is 11.5. The fourth-order valence-electron chi connectivity index (χ4n) is 3.30. The van der Waals surface area contributed by atoms with Crippen LogP contribution in [0.1, 0.15) is 39.6 Å². The number of thiazole rings is 1. The van der Waals surface area contributed by atoms with Crippen LogP contribution in [0.4, 0.5) is 0 Å². The summed E-state index contributed by atoms with van der Waals surface area (Å²) in [6.45, 7) is 2.90. The minimum atomic E-state index is -0.958. The molecule has 1 atom stereocenters. The summed E-state index contributed by atoms with van der Waals surface area (Å²) >= 11 is 1.44. The molecule has 6 nitrogen and oxygen atoms in total. The molecule has 2 aromatic heterocycles. The van der Waals surface area contributed by atoms with Gasteiger partial charge in [-0.25, -0.2) is 9.78 Å². The number of nitrogens with zero attached hydrogens (tertiary/aromatic N) is 4. The largest absolute Gasteiger partial charge is 0.476 e. The molecule has 2 aromatic rings. The van der Waals surface area contributed by atoms with Crippen LogP contribution in [0.3, 0.4) is 0 Å². The Morgan fingerprint density at radius 2 is 2.42 bits per heavy atom. The number of hydrogen-bond acceptors (Lipinski definition) is 5. The molecule has 0 spiro atoms. The van der Waals surface area contributed by atoms with Gasteiger partial charge in [0, 0.05) is 38.1 Å². The minimum absolute atomic E-state index is 0.149. The van der Waals surface area contributed by atoms with Crippen LogP contribution in [0.2, 0.25) is 0 Å². The van der Waals surface area contributed by atoms with E-state index in [0.717, 1.165) is 49.5 Å². The second-order valence-electron chi connectivity index (χ2n) is 6.34. The van der Waals surface area contributed by atoms with Gasteiger partial charge in [-0.15, -0.1) is 11.3 Å². The zero-order valence-corrected chi connectivity index (χ0v) is 14.4. The first-order valence-corrected chi connectivity index (χ1v) is 8.88. The maximum Gasteiger partial charge on any atom is 0.355 e. The van der Waals surface area contributed by atoms with Crippen molar-refractivity contribution in [1.82, 2.24) is 14.5 Å². The molecular weight excluding hydrogens is 324 g/mol. The summed E-state index contributed by atoms with van der Waals surface area (Å²) in [7, 11) is 1.89. The lowest BCUT2D eigenvalue weighted by atomic mass is 9.95. The van der Waals surface area contributed by atoms with Crippen molar-refractivity contribution >= 4 is 17.3 Å². The Labute approximate surface area is 145 Å². The van der Waals surface area contributed by atoms with Crippen LogP contribution in [0, 0.1) is 17.2 Å². The number of hydrogen-bond donors (Lipinski definition) is 1. The second-order valence-corrected chi connectivity index (χ2v) is 7.28. The lowest BCUT2D eigenvalue weighted by Crippen LogP contribution is -2.35. The van der Waals surface area contributed by atoms with Crippen molar-refractivity contribution in [2.75, 3.05) is 13.1 Å². The van der Waals surface area contributed by atoms with Gasteiger partial charge in [-0.1, -0.05) is 0 Å². The van der Waals surface area contributed by atoms with Gasteiger partial charge in [0.15, 0.2) is 5.69 Å². The maximum atomic E-state index is 10.9. The molecule has 0 saturated carbocycles. The molecule has 0 aliphatic carbocycles. The van der Waals surface area contributed by atoms with Crippen LogP contribution in [-0.2, 0) is 20.0 Å². The highest BCUT2D eigenvalue weighted by molar-refractivity contribution is 7.09. The fraction of sp³-hybridized carbons (Fsp3) is 0.471.